The van der Waals surface area contributed by atoms with Crippen LogP contribution < -0.4 is 0 Å². The second-order valence-corrected chi connectivity index (χ2v) is 6.13. The molecule has 19 heavy (non-hydrogen) atoms. The fourth-order valence-electron chi connectivity index (χ4n) is 3.63. The average Bonchev–Trinajstić information content (AvgIpc) is 2.75. The summed E-state index contributed by atoms with van der Waals surface area (Å²) in [6, 6.07) is 7.72. The van der Waals surface area contributed by atoms with Gasteiger partial charge in [-0.15, -0.1) is 0 Å². The molecule has 0 radical (unpaired) electrons. The zero-order valence-corrected chi connectivity index (χ0v) is 11.9. The summed E-state index contributed by atoms with van der Waals surface area (Å²) < 4.78 is 0. The normalized spacial score (nSPS) is 28.1. The highest BCUT2D eigenvalue weighted by Crippen LogP contribution is 2.27. The van der Waals surface area contributed by atoms with Crippen molar-refractivity contribution in [2.24, 2.45) is 0 Å². The van der Waals surface area contributed by atoms with Gasteiger partial charge in [-0.1, -0.05) is 25.1 Å². The number of hydrogen-bond donors (Lipinski definition) is 1. The van der Waals surface area contributed by atoms with Crippen LogP contribution in [0.4, 0.5) is 0 Å². The maximum atomic E-state index is 9.70. The van der Waals surface area contributed by atoms with Crippen LogP contribution in [0.3, 0.4) is 0 Å². The number of nitrogens with zero attached hydrogens (tertiary/aromatic N) is 1. The number of likely N-dealkylation sites (tertiary alicyclic amines) is 1. The van der Waals surface area contributed by atoms with Crippen LogP contribution in [0.25, 0.3) is 0 Å². The van der Waals surface area contributed by atoms with E-state index in [0.29, 0.717) is 6.04 Å². The lowest BCUT2D eigenvalue weighted by Crippen LogP contribution is -2.34. The molecule has 0 spiro atoms. The molecule has 0 amide bonds. The van der Waals surface area contributed by atoms with Gasteiger partial charge in [0.1, 0.15) is 0 Å². The molecule has 2 atom stereocenters. The molecule has 104 valence electrons. The molecule has 1 unspecified atom stereocenters. The minimum absolute atomic E-state index is 0.0858. The molecule has 2 aliphatic rings. The Morgan fingerprint density at radius 3 is 2.63 bits per heavy atom. The zero-order chi connectivity index (χ0) is 13.2. The van der Waals surface area contributed by atoms with E-state index < -0.39 is 0 Å². The van der Waals surface area contributed by atoms with Gasteiger partial charge < -0.3 is 5.11 Å². The van der Waals surface area contributed by atoms with Crippen molar-refractivity contribution >= 4 is 0 Å². The molecule has 0 bridgehead atoms. The molecule has 1 aliphatic heterocycles. The number of hydrogen-bond acceptors (Lipinski definition) is 2. The minimum atomic E-state index is -0.0858. The van der Waals surface area contributed by atoms with Crippen LogP contribution in [0.2, 0.25) is 0 Å². The third-order valence-electron chi connectivity index (χ3n) is 4.88. The second kappa shape index (κ2) is 5.64. The first-order chi connectivity index (χ1) is 9.26. The maximum Gasteiger partial charge on any atom is 0.0679 e. The van der Waals surface area contributed by atoms with Gasteiger partial charge in [0.15, 0.2) is 0 Å². The number of aryl methyl sites for hydroxylation is 3. The van der Waals surface area contributed by atoms with Crippen molar-refractivity contribution in [3.63, 3.8) is 0 Å². The van der Waals surface area contributed by atoms with E-state index in [9.17, 15) is 5.11 Å². The number of β-amino-alcohol motifs (C(OH)–C–C–N with tert-alkyl or cyclic N) is 1. The molecule has 3 rings (SSSR count). The van der Waals surface area contributed by atoms with Crippen molar-refractivity contribution in [1.29, 1.82) is 0 Å². The summed E-state index contributed by atoms with van der Waals surface area (Å²) in [6.07, 6.45) is 6.94. The summed E-state index contributed by atoms with van der Waals surface area (Å²) in [7, 11) is 0. The molecule has 2 nitrogen and oxygen atoms in total. The number of aliphatic hydroxyl groups is 1. The van der Waals surface area contributed by atoms with Gasteiger partial charge in [0.2, 0.25) is 0 Å². The van der Waals surface area contributed by atoms with Gasteiger partial charge in [0, 0.05) is 19.1 Å². The van der Waals surface area contributed by atoms with E-state index in [2.05, 4.69) is 30.0 Å². The fraction of sp³-hybridized carbons (Fsp3) is 0.647. The third-order valence-corrected chi connectivity index (χ3v) is 4.88. The number of benzene rings is 1. The Morgan fingerprint density at radius 2 is 1.95 bits per heavy atom. The van der Waals surface area contributed by atoms with E-state index in [1.54, 1.807) is 11.1 Å². The predicted octanol–water partition coefficient (Wildman–Crippen LogP) is 2.56. The lowest BCUT2D eigenvalue weighted by Gasteiger charge is -2.26. The summed E-state index contributed by atoms with van der Waals surface area (Å²) in [5.74, 6) is 0. The van der Waals surface area contributed by atoms with Crippen LogP contribution in [0.15, 0.2) is 18.2 Å². The lowest BCUT2D eigenvalue weighted by atomic mass is 9.99. The largest absolute Gasteiger partial charge is 0.392 e. The summed E-state index contributed by atoms with van der Waals surface area (Å²) in [5.41, 5.74) is 4.59. The minimum Gasteiger partial charge on any atom is -0.392 e. The third kappa shape index (κ3) is 2.85. The van der Waals surface area contributed by atoms with Crippen LogP contribution in [0.5, 0.6) is 0 Å². The Bertz CT molecular complexity index is 443. The van der Waals surface area contributed by atoms with Crippen LogP contribution in [0, 0.1) is 0 Å². The first-order valence-electron chi connectivity index (χ1n) is 7.79. The Morgan fingerprint density at radius 1 is 1.16 bits per heavy atom. The first-order valence-corrected chi connectivity index (χ1v) is 7.79. The summed E-state index contributed by atoms with van der Waals surface area (Å²) in [6.45, 7) is 4.20. The Hall–Kier alpha value is -0.860. The molecular formula is C17H25NO. The van der Waals surface area contributed by atoms with E-state index in [0.717, 1.165) is 25.9 Å². The summed E-state index contributed by atoms with van der Waals surface area (Å²) in [4.78, 5) is 2.51. The van der Waals surface area contributed by atoms with Crippen molar-refractivity contribution in [2.75, 3.05) is 13.1 Å². The number of rotatable bonds is 2. The van der Waals surface area contributed by atoms with Gasteiger partial charge >= 0.3 is 0 Å². The summed E-state index contributed by atoms with van der Waals surface area (Å²) in [5, 5.41) is 9.70. The van der Waals surface area contributed by atoms with Crippen LogP contribution in [-0.2, 0) is 19.3 Å². The Kier molecular flexibility index (Phi) is 3.90. The van der Waals surface area contributed by atoms with Crippen LogP contribution >= 0.6 is 0 Å². The molecule has 1 fully saturated rings. The van der Waals surface area contributed by atoms with Crippen LogP contribution in [-0.4, -0.2) is 35.2 Å². The monoisotopic (exact) mass is 259 g/mol. The Labute approximate surface area is 116 Å². The maximum absolute atomic E-state index is 9.70. The van der Waals surface area contributed by atoms with Crippen molar-refractivity contribution in [2.45, 2.75) is 57.6 Å². The molecule has 2 heteroatoms. The fourth-order valence-corrected chi connectivity index (χ4v) is 3.63. The molecule has 0 aromatic heterocycles. The quantitative estimate of drug-likeness (QED) is 0.825. The van der Waals surface area contributed by atoms with E-state index in [-0.39, 0.29) is 6.10 Å². The Balaban J connectivity index is 1.70. The predicted molar refractivity (Wildman–Crippen MR) is 78.4 cm³/mol. The molecule has 1 saturated heterocycles. The van der Waals surface area contributed by atoms with E-state index in [1.165, 1.54) is 31.2 Å². The van der Waals surface area contributed by atoms with E-state index in [4.69, 9.17) is 0 Å². The van der Waals surface area contributed by atoms with Crippen molar-refractivity contribution < 1.29 is 5.11 Å². The van der Waals surface area contributed by atoms with Crippen LogP contribution in [0.1, 0.15) is 42.9 Å². The van der Waals surface area contributed by atoms with E-state index >= 15 is 0 Å². The molecule has 1 aromatic carbocycles. The number of fused-ring (bicyclic) bond motifs is 1. The topological polar surface area (TPSA) is 23.5 Å². The average molecular weight is 259 g/mol. The molecular weight excluding hydrogens is 234 g/mol. The summed E-state index contributed by atoms with van der Waals surface area (Å²) >= 11 is 0. The van der Waals surface area contributed by atoms with Gasteiger partial charge in [-0.25, -0.2) is 0 Å². The zero-order valence-electron chi connectivity index (χ0n) is 11.9. The van der Waals surface area contributed by atoms with Gasteiger partial charge in [0.05, 0.1) is 6.10 Å². The van der Waals surface area contributed by atoms with Gasteiger partial charge in [-0.2, -0.15) is 0 Å². The molecule has 1 N–H and O–H groups in total. The highest BCUT2D eigenvalue weighted by atomic mass is 16.3. The van der Waals surface area contributed by atoms with Gasteiger partial charge in [-0.3, -0.25) is 4.90 Å². The smallest absolute Gasteiger partial charge is 0.0679 e. The van der Waals surface area contributed by atoms with Crippen molar-refractivity contribution in [3.8, 4) is 0 Å². The van der Waals surface area contributed by atoms with Gasteiger partial charge in [0.25, 0.3) is 0 Å². The highest BCUT2D eigenvalue weighted by Gasteiger charge is 2.28. The van der Waals surface area contributed by atoms with Crippen molar-refractivity contribution in [3.05, 3.63) is 34.9 Å². The highest BCUT2D eigenvalue weighted by molar-refractivity contribution is 5.33. The first kappa shape index (κ1) is 13.1. The second-order valence-electron chi connectivity index (χ2n) is 6.13. The SMILES string of the molecule is CCc1ccc2c(c1)CCC(N1CC[C@H](O)C1)CC2. The van der Waals surface area contributed by atoms with Crippen molar-refractivity contribution in [1.82, 2.24) is 4.90 Å². The molecule has 1 heterocycles. The number of aliphatic hydroxyl groups excluding tert-OH is 1. The van der Waals surface area contributed by atoms with Gasteiger partial charge in [-0.05, 0) is 55.2 Å². The lowest BCUT2D eigenvalue weighted by molar-refractivity contribution is 0.153. The standard InChI is InChI=1S/C17H25NO/c1-2-13-3-4-14-5-7-16(8-6-15(14)11-13)18-10-9-17(19)12-18/h3-4,11,16-17,19H,2,5-10,12H2,1H3/t16?,17-/m0/s1. The van der Waals surface area contributed by atoms with E-state index in [1.807, 2.05) is 0 Å². The molecule has 0 saturated carbocycles. The molecule has 1 aliphatic carbocycles. The molecule has 1 aromatic rings.